The summed E-state index contributed by atoms with van der Waals surface area (Å²) >= 11 is 0. The van der Waals surface area contributed by atoms with Crippen LogP contribution in [-0.2, 0) is 38.6 Å². The number of ether oxygens (including phenoxy) is 3. The van der Waals surface area contributed by atoms with Gasteiger partial charge in [-0.15, -0.1) is 0 Å². The lowest BCUT2D eigenvalue weighted by molar-refractivity contribution is -0.145. The van der Waals surface area contributed by atoms with Crippen molar-refractivity contribution in [3.05, 3.63) is 89.5 Å². The van der Waals surface area contributed by atoms with Crippen LogP contribution in [0, 0.1) is 0 Å². The molecule has 0 aliphatic carbocycles. The van der Waals surface area contributed by atoms with Gasteiger partial charge in [0, 0.05) is 18.7 Å². The van der Waals surface area contributed by atoms with Crippen LogP contribution in [-0.4, -0.2) is 32.7 Å². The minimum atomic E-state index is -0.284. The summed E-state index contributed by atoms with van der Waals surface area (Å²) in [4.78, 5) is 23.7. The van der Waals surface area contributed by atoms with Gasteiger partial charge in [-0.25, -0.2) is 0 Å². The highest BCUT2D eigenvalue weighted by Crippen LogP contribution is 2.34. The molecule has 6 nitrogen and oxygen atoms in total. The second-order valence-corrected chi connectivity index (χ2v) is 7.52. The van der Waals surface area contributed by atoms with E-state index < -0.39 is 0 Å². The lowest BCUT2D eigenvalue weighted by Gasteiger charge is -2.16. The molecule has 1 N–H and O–H groups in total. The van der Waals surface area contributed by atoms with Crippen LogP contribution < -0.4 is 10.1 Å². The molecule has 172 valence electrons. The first-order valence-corrected chi connectivity index (χ1v) is 10.8. The number of esters is 2. The molecule has 0 amide bonds. The Balaban J connectivity index is 1.62. The van der Waals surface area contributed by atoms with Gasteiger partial charge < -0.3 is 19.5 Å². The summed E-state index contributed by atoms with van der Waals surface area (Å²) in [5.41, 5.74) is 4.76. The third-order valence-electron chi connectivity index (χ3n) is 5.19. The molecule has 0 aromatic heterocycles. The van der Waals surface area contributed by atoms with Gasteiger partial charge in [0.25, 0.3) is 0 Å². The number of rotatable bonds is 11. The molecule has 33 heavy (non-hydrogen) atoms. The Morgan fingerprint density at radius 3 is 2.36 bits per heavy atom. The summed E-state index contributed by atoms with van der Waals surface area (Å²) in [6.07, 6.45) is 0.485. The molecule has 0 saturated heterocycles. The first-order chi connectivity index (χ1) is 16.1. The summed E-state index contributed by atoms with van der Waals surface area (Å²) < 4.78 is 15.7. The maximum Gasteiger partial charge on any atom is 0.309 e. The predicted molar refractivity (Wildman–Crippen MR) is 127 cm³/mol. The summed E-state index contributed by atoms with van der Waals surface area (Å²) in [6.45, 7) is 1.33. The zero-order chi connectivity index (χ0) is 23.5. The van der Waals surface area contributed by atoms with Gasteiger partial charge >= 0.3 is 11.9 Å². The van der Waals surface area contributed by atoms with E-state index in [0.717, 1.165) is 33.6 Å². The topological polar surface area (TPSA) is 73.9 Å². The molecule has 0 fully saturated rings. The zero-order valence-corrected chi connectivity index (χ0v) is 19.0. The summed E-state index contributed by atoms with van der Waals surface area (Å²) in [7, 11) is 3.02. The number of carbonyl (C=O) groups excluding carboxylic acids is 2. The van der Waals surface area contributed by atoms with Crippen LogP contribution in [0.2, 0.25) is 0 Å². The van der Waals surface area contributed by atoms with E-state index in [1.54, 1.807) is 7.11 Å². The van der Waals surface area contributed by atoms with Gasteiger partial charge in [-0.2, -0.15) is 0 Å². The first kappa shape index (κ1) is 24.0. The van der Waals surface area contributed by atoms with Crippen molar-refractivity contribution in [1.29, 1.82) is 0 Å². The quantitative estimate of drug-likeness (QED) is 0.349. The highest BCUT2D eigenvalue weighted by molar-refractivity contribution is 5.77. The summed E-state index contributed by atoms with van der Waals surface area (Å²) in [6, 6.07) is 23.3. The van der Waals surface area contributed by atoms with Crippen LogP contribution >= 0.6 is 0 Å². The monoisotopic (exact) mass is 447 g/mol. The maximum absolute atomic E-state index is 12.0. The molecule has 0 unspecified atom stereocenters. The van der Waals surface area contributed by atoms with E-state index in [1.807, 2.05) is 72.8 Å². The molecule has 0 spiro atoms. The molecule has 3 rings (SSSR count). The van der Waals surface area contributed by atoms with Crippen molar-refractivity contribution in [1.82, 2.24) is 5.32 Å². The number of hydrogen-bond donors (Lipinski definition) is 1. The lowest BCUT2D eigenvalue weighted by atomic mass is 9.96. The van der Waals surface area contributed by atoms with Crippen LogP contribution in [0.25, 0.3) is 11.1 Å². The molecule has 0 heterocycles. The molecule has 3 aromatic rings. The Hall–Kier alpha value is -3.64. The van der Waals surface area contributed by atoms with Crippen LogP contribution in [0.3, 0.4) is 0 Å². The molecule has 0 aliphatic rings. The second kappa shape index (κ2) is 12.4. The lowest BCUT2D eigenvalue weighted by Crippen LogP contribution is -2.19. The smallest absolute Gasteiger partial charge is 0.309 e. The molecule has 6 heteroatoms. The molecule has 0 saturated carbocycles. The minimum Gasteiger partial charge on any atom is -0.496 e. The van der Waals surface area contributed by atoms with E-state index in [9.17, 15) is 9.59 Å². The fourth-order valence-electron chi connectivity index (χ4n) is 3.52. The van der Waals surface area contributed by atoms with Crippen molar-refractivity contribution in [2.75, 3.05) is 20.8 Å². The molecular formula is C27H29NO5. The molecular weight excluding hydrogens is 418 g/mol. The van der Waals surface area contributed by atoms with E-state index in [1.165, 1.54) is 7.11 Å². The Labute approximate surface area is 194 Å². The first-order valence-electron chi connectivity index (χ1n) is 10.8. The number of carbonyl (C=O) groups is 2. The largest absolute Gasteiger partial charge is 0.496 e. The van der Waals surface area contributed by atoms with Crippen LogP contribution in [0.5, 0.6) is 5.75 Å². The SMILES string of the molecule is COC(=O)Cc1cccc(-c2c(CNCCC(=O)OCc3ccccc3)cccc2OC)c1. The van der Waals surface area contributed by atoms with Crippen molar-refractivity contribution in [3.63, 3.8) is 0 Å². The van der Waals surface area contributed by atoms with E-state index in [0.29, 0.717) is 13.1 Å². The average Bonchev–Trinajstić information content (AvgIpc) is 2.85. The van der Waals surface area contributed by atoms with Crippen molar-refractivity contribution in [2.45, 2.75) is 26.0 Å². The van der Waals surface area contributed by atoms with Gasteiger partial charge in [-0.3, -0.25) is 9.59 Å². The number of nitrogens with one attached hydrogen (secondary N) is 1. The third-order valence-corrected chi connectivity index (χ3v) is 5.19. The van der Waals surface area contributed by atoms with Crippen LogP contribution in [0.4, 0.5) is 0 Å². The minimum absolute atomic E-state index is 0.207. The second-order valence-electron chi connectivity index (χ2n) is 7.52. The van der Waals surface area contributed by atoms with Crippen molar-refractivity contribution >= 4 is 11.9 Å². The summed E-state index contributed by atoms with van der Waals surface area (Å²) in [5, 5.41) is 3.32. The highest BCUT2D eigenvalue weighted by atomic mass is 16.5. The molecule has 0 aliphatic heterocycles. The number of benzene rings is 3. The molecule has 0 radical (unpaired) electrons. The predicted octanol–water partition coefficient (Wildman–Crippen LogP) is 4.30. The zero-order valence-electron chi connectivity index (χ0n) is 19.0. The van der Waals surface area contributed by atoms with Gasteiger partial charge in [0.15, 0.2) is 0 Å². The molecule has 0 bridgehead atoms. The fraction of sp³-hybridized carbons (Fsp3) is 0.259. The molecule has 3 aromatic carbocycles. The Morgan fingerprint density at radius 1 is 0.848 bits per heavy atom. The van der Waals surface area contributed by atoms with E-state index >= 15 is 0 Å². The number of hydrogen-bond acceptors (Lipinski definition) is 6. The highest BCUT2D eigenvalue weighted by Gasteiger charge is 2.13. The Kier molecular flexibility index (Phi) is 9.03. The fourth-order valence-corrected chi connectivity index (χ4v) is 3.52. The summed E-state index contributed by atoms with van der Waals surface area (Å²) in [5.74, 6) is 0.215. The van der Waals surface area contributed by atoms with Gasteiger partial charge in [-0.1, -0.05) is 66.7 Å². The molecule has 0 atom stereocenters. The third kappa shape index (κ3) is 7.19. The average molecular weight is 448 g/mol. The Bertz CT molecular complexity index is 1070. The standard InChI is InChI=1S/C27H29NO5/c1-31-24-13-7-12-23(27(24)22-11-6-10-21(16-22)17-26(30)32-2)18-28-15-14-25(29)33-19-20-8-4-3-5-9-20/h3-13,16,28H,14-15,17-19H2,1-2H3. The van der Waals surface area contributed by atoms with Crippen molar-refractivity contribution < 1.29 is 23.8 Å². The van der Waals surface area contributed by atoms with E-state index in [4.69, 9.17) is 14.2 Å². The normalized spacial score (nSPS) is 10.5. The van der Waals surface area contributed by atoms with Crippen LogP contribution in [0.15, 0.2) is 72.8 Å². The van der Waals surface area contributed by atoms with Crippen molar-refractivity contribution in [3.8, 4) is 16.9 Å². The van der Waals surface area contributed by atoms with Crippen LogP contribution in [0.1, 0.15) is 23.1 Å². The number of methoxy groups -OCH3 is 2. The van der Waals surface area contributed by atoms with E-state index in [2.05, 4.69) is 5.32 Å². The van der Waals surface area contributed by atoms with E-state index in [-0.39, 0.29) is 31.4 Å². The van der Waals surface area contributed by atoms with Gasteiger partial charge in [0.2, 0.25) is 0 Å². The van der Waals surface area contributed by atoms with Gasteiger partial charge in [0.05, 0.1) is 27.1 Å². The Morgan fingerprint density at radius 2 is 1.61 bits per heavy atom. The van der Waals surface area contributed by atoms with Crippen molar-refractivity contribution in [2.24, 2.45) is 0 Å². The van der Waals surface area contributed by atoms with Gasteiger partial charge in [-0.05, 0) is 28.3 Å². The van der Waals surface area contributed by atoms with Gasteiger partial charge in [0.1, 0.15) is 12.4 Å². The maximum atomic E-state index is 12.0.